The summed E-state index contributed by atoms with van der Waals surface area (Å²) in [6, 6.07) is 8.91. The lowest BCUT2D eigenvalue weighted by Crippen LogP contribution is -2.42. The molecule has 0 saturated carbocycles. The highest BCUT2D eigenvalue weighted by molar-refractivity contribution is 5.22. The molecule has 0 aromatic heterocycles. The van der Waals surface area contributed by atoms with Crippen LogP contribution in [0.5, 0.6) is 0 Å². The van der Waals surface area contributed by atoms with E-state index in [1.54, 1.807) is 0 Å². The van der Waals surface area contributed by atoms with Gasteiger partial charge in [0.05, 0.1) is 0 Å². The molecular weight excluding hydrogens is 230 g/mol. The van der Waals surface area contributed by atoms with Crippen LogP contribution in [0.4, 0.5) is 0 Å². The summed E-state index contributed by atoms with van der Waals surface area (Å²) < 4.78 is 0. The van der Waals surface area contributed by atoms with Crippen molar-refractivity contribution in [2.75, 3.05) is 6.54 Å². The molecule has 0 radical (unpaired) electrons. The number of rotatable bonds is 4. The van der Waals surface area contributed by atoms with Crippen molar-refractivity contribution in [3.05, 3.63) is 35.4 Å². The summed E-state index contributed by atoms with van der Waals surface area (Å²) in [4.78, 5) is 0. The molecule has 1 aromatic carbocycles. The Morgan fingerprint density at radius 3 is 2.16 bits per heavy atom. The number of benzene rings is 1. The van der Waals surface area contributed by atoms with Gasteiger partial charge in [0.25, 0.3) is 0 Å². The predicted molar refractivity (Wildman–Crippen MR) is 85.6 cm³/mol. The average molecular weight is 261 g/mol. The molecule has 1 unspecified atom stereocenters. The van der Waals surface area contributed by atoms with Crippen LogP contribution in [-0.2, 0) is 6.42 Å². The van der Waals surface area contributed by atoms with Gasteiger partial charge in [0.15, 0.2) is 0 Å². The fourth-order valence-electron chi connectivity index (χ4n) is 2.24. The van der Waals surface area contributed by atoms with Gasteiger partial charge in [-0.25, -0.2) is 0 Å². The van der Waals surface area contributed by atoms with E-state index in [-0.39, 0.29) is 5.54 Å². The fraction of sp³-hybridized carbons (Fsp3) is 0.667. The molecular formula is C18H31N. The number of aryl methyl sites for hydroxylation is 1. The van der Waals surface area contributed by atoms with Gasteiger partial charge in [-0.3, -0.25) is 0 Å². The molecule has 1 atom stereocenters. The summed E-state index contributed by atoms with van der Waals surface area (Å²) in [5, 5.41) is 3.66. The van der Waals surface area contributed by atoms with E-state index in [9.17, 15) is 0 Å². The minimum absolute atomic E-state index is 0.191. The molecule has 0 saturated heterocycles. The molecule has 1 N–H and O–H groups in total. The van der Waals surface area contributed by atoms with Gasteiger partial charge in [-0.15, -0.1) is 0 Å². The van der Waals surface area contributed by atoms with Gasteiger partial charge in [0.1, 0.15) is 0 Å². The normalized spacial score (nSPS) is 14.5. The second-order valence-corrected chi connectivity index (χ2v) is 7.89. The van der Waals surface area contributed by atoms with Crippen molar-refractivity contribution in [2.45, 2.75) is 60.4 Å². The van der Waals surface area contributed by atoms with Crippen molar-refractivity contribution in [1.82, 2.24) is 5.32 Å². The standard InChI is InChI=1S/C18H31N/c1-14-9-8-10-15(11-14)12-16(17(2,3)4)13-19-18(5,6)7/h8-11,16,19H,12-13H2,1-7H3. The zero-order chi connectivity index (χ0) is 14.7. The number of nitrogens with one attached hydrogen (secondary N) is 1. The highest BCUT2D eigenvalue weighted by atomic mass is 14.9. The second kappa shape index (κ2) is 6.09. The highest BCUT2D eigenvalue weighted by Crippen LogP contribution is 2.29. The van der Waals surface area contributed by atoms with Gasteiger partial charge in [-0.1, -0.05) is 50.6 Å². The van der Waals surface area contributed by atoms with Gasteiger partial charge < -0.3 is 5.32 Å². The number of hydrogen-bond acceptors (Lipinski definition) is 1. The van der Waals surface area contributed by atoms with Crippen LogP contribution in [0.3, 0.4) is 0 Å². The third-order valence-corrected chi connectivity index (χ3v) is 3.67. The summed E-state index contributed by atoms with van der Waals surface area (Å²) in [6.07, 6.45) is 1.15. The molecule has 1 aromatic rings. The van der Waals surface area contributed by atoms with Crippen LogP contribution in [0, 0.1) is 18.3 Å². The maximum atomic E-state index is 3.66. The molecule has 0 heterocycles. The molecule has 0 amide bonds. The quantitative estimate of drug-likeness (QED) is 0.836. The van der Waals surface area contributed by atoms with Crippen LogP contribution < -0.4 is 5.32 Å². The van der Waals surface area contributed by atoms with Gasteiger partial charge in [0, 0.05) is 5.54 Å². The van der Waals surface area contributed by atoms with E-state index in [1.165, 1.54) is 11.1 Å². The van der Waals surface area contributed by atoms with Crippen LogP contribution in [0.15, 0.2) is 24.3 Å². The van der Waals surface area contributed by atoms with Crippen molar-refractivity contribution in [1.29, 1.82) is 0 Å². The van der Waals surface area contributed by atoms with Crippen molar-refractivity contribution in [3.8, 4) is 0 Å². The average Bonchev–Trinajstić information content (AvgIpc) is 2.21. The maximum Gasteiger partial charge on any atom is 0.00966 e. The Morgan fingerprint density at radius 1 is 1.05 bits per heavy atom. The van der Waals surface area contributed by atoms with Gasteiger partial charge >= 0.3 is 0 Å². The molecule has 0 aliphatic heterocycles. The lowest BCUT2D eigenvalue weighted by atomic mass is 9.76. The fourth-order valence-corrected chi connectivity index (χ4v) is 2.24. The molecule has 0 spiro atoms. The van der Waals surface area contributed by atoms with Crippen LogP contribution in [0.1, 0.15) is 52.7 Å². The summed E-state index contributed by atoms with van der Waals surface area (Å²) in [7, 11) is 0. The SMILES string of the molecule is Cc1cccc(CC(CNC(C)(C)C)C(C)(C)C)c1. The van der Waals surface area contributed by atoms with Crippen LogP contribution in [0.2, 0.25) is 0 Å². The Labute approximate surface area is 119 Å². The first-order chi connectivity index (χ1) is 8.58. The Hall–Kier alpha value is -0.820. The van der Waals surface area contributed by atoms with Crippen LogP contribution in [0.25, 0.3) is 0 Å². The van der Waals surface area contributed by atoms with Gasteiger partial charge in [0.2, 0.25) is 0 Å². The first kappa shape index (κ1) is 16.2. The predicted octanol–water partition coefficient (Wildman–Crippen LogP) is 4.59. The molecule has 0 aliphatic rings. The van der Waals surface area contributed by atoms with Crippen molar-refractivity contribution in [2.24, 2.45) is 11.3 Å². The minimum atomic E-state index is 0.191. The van der Waals surface area contributed by atoms with Crippen LogP contribution in [-0.4, -0.2) is 12.1 Å². The zero-order valence-electron chi connectivity index (χ0n) is 13.8. The Balaban J connectivity index is 2.76. The lowest BCUT2D eigenvalue weighted by molar-refractivity contribution is 0.214. The molecule has 0 bridgehead atoms. The molecule has 1 nitrogen and oxygen atoms in total. The monoisotopic (exact) mass is 261 g/mol. The third-order valence-electron chi connectivity index (χ3n) is 3.67. The lowest BCUT2D eigenvalue weighted by Gasteiger charge is -2.34. The van der Waals surface area contributed by atoms with E-state index in [4.69, 9.17) is 0 Å². The minimum Gasteiger partial charge on any atom is -0.312 e. The summed E-state index contributed by atoms with van der Waals surface area (Å²) in [6.45, 7) is 17.0. The molecule has 0 aliphatic carbocycles. The smallest absolute Gasteiger partial charge is 0.00966 e. The van der Waals surface area contributed by atoms with E-state index < -0.39 is 0 Å². The van der Waals surface area contributed by atoms with Gasteiger partial charge in [-0.05, 0) is 57.6 Å². The first-order valence-electron chi connectivity index (χ1n) is 7.38. The van der Waals surface area contributed by atoms with E-state index in [0.29, 0.717) is 11.3 Å². The largest absolute Gasteiger partial charge is 0.312 e. The van der Waals surface area contributed by atoms with Crippen molar-refractivity contribution >= 4 is 0 Å². The van der Waals surface area contributed by atoms with E-state index in [2.05, 4.69) is 78.0 Å². The summed E-state index contributed by atoms with van der Waals surface area (Å²) in [5.74, 6) is 0.647. The van der Waals surface area contributed by atoms with E-state index >= 15 is 0 Å². The maximum absolute atomic E-state index is 3.66. The number of hydrogen-bond donors (Lipinski definition) is 1. The topological polar surface area (TPSA) is 12.0 Å². The highest BCUT2D eigenvalue weighted by Gasteiger charge is 2.26. The van der Waals surface area contributed by atoms with E-state index in [0.717, 1.165) is 13.0 Å². The summed E-state index contributed by atoms with van der Waals surface area (Å²) in [5.41, 5.74) is 3.32. The Bertz CT molecular complexity index is 393. The van der Waals surface area contributed by atoms with Gasteiger partial charge in [-0.2, -0.15) is 0 Å². The Kier molecular flexibility index (Phi) is 5.20. The van der Waals surface area contributed by atoms with Crippen molar-refractivity contribution < 1.29 is 0 Å². The first-order valence-corrected chi connectivity index (χ1v) is 7.38. The molecule has 1 heteroatoms. The van der Waals surface area contributed by atoms with Crippen molar-refractivity contribution in [3.63, 3.8) is 0 Å². The van der Waals surface area contributed by atoms with E-state index in [1.807, 2.05) is 0 Å². The molecule has 0 fully saturated rings. The Morgan fingerprint density at radius 2 is 1.68 bits per heavy atom. The second-order valence-electron chi connectivity index (χ2n) is 7.89. The molecule has 1 rings (SSSR count). The zero-order valence-corrected chi connectivity index (χ0v) is 13.8. The summed E-state index contributed by atoms with van der Waals surface area (Å²) >= 11 is 0. The molecule has 19 heavy (non-hydrogen) atoms. The molecule has 108 valence electrons. The van der Waals surface area contributed by atoms with Crippen LogP contribution >= 0.6 is 0 Å². The third kappa shape index (κ3) is 6.24.